The third-order valence-electron chi connectivity index (χ3n) is 2.12. The zero-order chi connectivity index (χ0) is 13.7. The van der Waals surface area contributed by atoms with Gasteiger partial charge in [0.25, 0.3) is 0 Å². The molecule has 0 aliphatic rings. The third-order valence-corrected chi connectivity index (χ3v) is 2.12. The molecule has 0 bridgehead atoms. The second-order valence-corrected chi connectivity index (χ2v) is 3.29. The number of esters is 1. The fraction of sp³-hybridized carbons (Fsp3) is 0.0833. The molecule has 0 aliphatic heterocycles. The van der Waals surface area contributed by atoms with Crippen molar-refractivity contribution >= 4 is 17.9 Å². The summed E-state index contributed by atoms with van der Waals surface area (Å²) in [5.74, 6) is -3.13. The van der Waals surface area contributed by atoms with Crippen LogP contribution in [0.1, 0.15) is 26.3 Å². The third kappa shape index (κ3) is 3.18. The number of aromatic carboxylic acids is 2. The molecule has 0 aromatic heterocycles. The molecule has 1 rings (SSSR count). The first-order chi connectivity index (χ1) is 8.45. The summed E-state index contributed by atoms with van der Waals surface area (Å²) >= 11 is 0. The van der Waals surface area contributed by atoms with Gasteiger partial charge in [-0.1, -0.05) is 6.58 Å². The van der Waals surface area contributed by atoms with Crippen molar-refractivity contribution in [3.05, 3.63) is 47.5 Å². The summed E-state index contributed by atoms with van der Waals surface area (Å²) < 4.78 is 4.69. The second-order valence-electron chi connectivity index (χ2n) is 3.29. The molecule has 2 N–H and O–H groups in total. The van der Waals surface area contributed by atoms with Gasteiger partial charge in [0.2, 0.25) is 0 Å². The fourth-order valence-corrected chi connectivity index (χ4v) is 1.26. The summed E-state index contributed by atoms with van der Waals surface area (Å²) in [4.78, 5) is 32.5. The van der Waals surface area contributed by atoms with Gasteiger partial charge in [-0.2, -0.15) is 0 Å². The van der Waals surface area contributed by atoms with Crippen LogP contribution >= 0.6 is 0 Å². The quantitative estimate of drug-likeness (QED) is 0.603. The summed E-state index contributed by atoms with van der Waals surface area (Å²) in [5.41, 5.74) is -0.0842. The Morgan fingerprint density at radius 2 is 1.89 bits per heavy atom. The van der Waals surface area contributed by atoms with E-state index >= 15 is 0 Å². The SMILES string of the molecule is C=CC(=O)OCc1cc(C(=O)O)ccc1C(=O)O. The van der Waals surface area contributed by atoms with E-state index in [9.17, 15) is 14.4 Å². The number of benzene rings is 1. The highest BCUT2D eigenvalue weighted by molar-refractivity contribution is 5.93. The minimum absolute atomic E-state index is 0.0790. The van der Waals surface area contributed by atoms with E-state index in [1.165, 1.54) is 6.07 Å². The van der Waals surface area contributed by atoms with E-state index in [-0.39, 0.29) is 23.3 Å². The number of carbonyl (C=O) groups excluding carboxylic acids is 1. The number of hydrogen-bond acceptors (Lipinski definition) is 4. The second kappa shape index (κ2) is 5.62. The maximum Gasteiger partial charge on any atom is 0.336 e. The average Bonchev–Trinajstić information content (AvgIpc) is 2.35. The van der Waals surface area contributed by atoms with E-state index in [1.807, 2.05) is 0 Å². The van der Waals surface area contributed by atoms with Gasteiger partial charge in [0, 0.05) is 11.6 Å². The lowest BCUT2D eigenvalue weighted by atomic mass is 10.0. The molecule has 0 spiro atoms. The Hall–Kier alpha value is -2.63. The zero-order valence-corrected chi connectivity index (χ0v) is 9.25. The number of hydrogen-bond donors (Lipinski definition) is 2. The summed E-state index contributed by atoms with van der Waals surface area (Å²) in [6.07, 6.45) is 0.932. The van der Waals surface area contributed by atoms with Gasteiger partial charge in [-0.15, -0.1) is 0 Å². The van der Waals surface area contributed by atoms with Crippen LogP contribution in [0.15, 0.2) is 30.9 Å². The minimum atomic E-state index is -1.23. The Morgan fingerprint density at radius 3 is 2.39 bits per heavy atom. The Balaban J connectivity index is 3.07. The van der Waals surface area contributed by atoms with E-state index in [0.29, 0.717) is 0 Å². The van der Waals surface area contributed by atoms with Crippen molar-refractivity contribution < 1.29 is 29.3 Å². The summed E-state index contributed by atoms with van der Waals surface area (Å²) in [7, 11) is 0. The standard InChI is InChI=1S/C12H10O6/c1-2-10(13)18-6-8-5-7(11(14)15)3-4-9(8)12(16)17/h2-5H,1,6H2,(H,14,15)(H,16,17). The highest BCUT2D eigenvalue weighted by atomic mass is 16.5. The van der Waals surface area contributed by atoms with Gasteiger partial charge in [-0.3, -0.25) is 0 Å². The molecule has 0 amide bonds. The van der Waals surface area contributed by atoms with Gasteiger partial charge in [0.1, 0.15) is 6.61 Å². The largest absolute Gasteiger partial charge is 0.478 e. The van der Waals surface area contributed by atoms with Gasteiger partial charge in [-0.05, 0) is 18.2 Å². The molecular weight excluding hydrogens is 240 g/mol. The van der Waals surface area contributed by atoms with Crippen LogP contribution in [-0.4, -0.2) is 28.1 Å². The topological polar surface area (TPSA) is 101 Å². The van der Waals surface area contributed by atoms with Crippen LogP contribution in [0.25, 0.3) is 0 Å². The van der Waals surface area contributed by atoms with Crippen molar-refractivity contribution in [3.8, 4) is 0 Å². The first-order valence-electron chi connectivity index (χ1n) is 4.84. The maximum atomic E-state index is 10.9. The van der Waals surface area contributed by atoms with E-state index < -0.39 is 17.9 Å². The number of ether oxygens (including phenoxy) is 1. The molecule has 6 nitrogen and oxygen atoms in total. The molecule has 0 fully saturated rings. The lowest BCUT2D eigenvalue weighted by Gasteiger charge is -2.07. The molecule has 94 valence electrons. The number of carboxylic acids is 2. The zero-order valence-electron chi connectivity index (χ0n) is 9.25. The molecule has 6 heteroatoms. The van der Waals surface area contributed by atoms with Crippen molar-refractivity contribution in [2.45, 2.75) is 6.61 Å². The summed E-state index contributed by atoms with van der Waals surface area (Å²) in [6.45, 7) is 2.87. The van der Waals surface area contributed by atoms with Crippen molar-refractivity contribution in [2.75, 3.05) is 0 Å². The number of carbonyl (C=O) groups is 3. The molecule has 0 atom stereocenters. The van der Waals surface area contributed by atoms with E-state index in [0.717, 1.165) is 18.2 Å². The van der Waals surface area contributed by atoms with E-state index in [1.54, 1.807) is 0 Å². The van der Waals surface area contributed by atoms with Crippen molar-refractivity contribution in [1.82, 2.24) is 0 Å². The van der Waals surface area contributed by atoms with Crippen LogP contribution in [0.2, 0.25) is 0 Å². The Morgan fingerprint density at radius 1 is 1.22 bits per heavy atom. The monoisotopic (exact) mass is 250 g/mol. The molecule has 1 aromatic rings. The van der Waals surface area contributed by atoms with Gasteiger partial charge in [-0.25, -0.2) is 14.4 Å². The maximum absolute atomic E-state index is 10.9. The molecule has 0 saturated heterocycles. The van der Waals surface area contributed by atoms with Crippen LogP contribution in [0.5, 0.6) is 0 Å². The van der Waals surface area contributed by atoms with Crippen molar-refractivity contribution in [3.63, 3.8) is 0 Å². The van der Waals surface area contributed by atoms with Crippen molar-refractivity contribution in [1.29, 1.82) is 0 Å². The fourth-order valence-electron chi connectivity index (χ4n) is 1.26. The normalized spacial score (nSPS) is 9.56. The molecule has 0 saturated carbocycles. The average molecular weight is 250 g/mol. The highest BCUT2D eigenvalue weighted by Crippen LogP contribution is 2.14. The van der Waals surface area contributed by atoms with Crippen molar-refractivity contribution in [2.24, 2.45) is 0 Å². The Bertz CT molecular complexity index is 517. The molecular formula is C12H10O6. The van der Waals surface area contributed by atoms with Crippen LogP contribution < -0.4 is 0 Å². The van der Waals surface area contributed by atoms with E-state index in [2.05, 4.69) is 11.3 Å². The summed E-state index contributed by atoms with van der Waals surface area (Å²) in [5, 5.41) is 17.7. The smallest absolute Gasteiger partial charge is 0.336 e. The van der Waals surface area contributed by atoms with E-state index in [4.69, 9.17) is 10.2 Å². The minimum Gasteiger partial charge on any atom is -0.478 e. The van der Waals surface area contributed by atoms with Crippen LogP contribution in [0.4, 0.5) is 0 Å². The molecule has 0 aliphatic carbocycles. The van der Waals surface area contributed by atoms with Gasteiger partial charge in [0.05, 0.1) is 11.1 Å². The molecule has 0 heterocycles. The lowest BCUT2D eigenvalue weighted by molar-refractivity contribution is -0.139. The van der Waals surface area contributed by atoms with Crippen LogP contribution in [0, 0.1) is 0 Å². The molecule has 18 heavy (non-hydrogen) atoms. The molecule has 0 unspecified atom stereocenters. The Labute approximate surface area is 102 Å². The predicted octanol–water partition coefficient (Wildman–Crippen LogP) is 1.31. The summed E-state index contributed by atoms with van der Waals surface area (Å²) in [6, 6.07) is 3.48. The van der Waals surface area contributed by atoms with Crippen LogP contribution in [0.3, 0.4) is 0 Å². The van der Waals surface area contributed by atoms with Gasteiger partial charge >= 0.3 is 17.9 Å². The first kappa shape index (κ1) is 13.4. The number of rotatable bonds is 5. The Kier molecular flexibility index (Phi) is 4.20. The van der Waals surface area contributed by atoms with Gasteiger partial charge in [0.15, 0.2) is 0 Å². The predicted molar refractivity (Wildman–Crippen MR) is 60.4 cm³/mol. The number of carboxylic acid groups (broad SMARTS) is 2. The molecule has 1 aromatic carbocycles. The van der Waals surface area contributed by atoms with Crippen LogP contribution in [-0.2, 0) is 16.1 Å². The highest BCUT2D eigenvalue weighted by Gasteiger charge is 2.14. The first-order valence-corrected chi connectivity index (χ1v) is 4.84. The lowest BCUT2D eigenvalue weighted by Crippen LogP contribution is -2.09. The molecule has 0 radical (unpaired) electrons. The van der Waals surface area contributed by atoms with Gasteiger partial charge < -0.3 is 14.9 Å².